The smallest absolute Gasteiger partial charge is 0.226 e. The zero-order valence-electron chi connectivity index (χ0n) is 12.2. The number of likely N-dealkylation sites (N-methyl/N-ethyl adjacent to an activating group) is 1. The van der Waals surface area contributed by atoms with Gasteiger partial charge in [-0.05, 0) is 45.0 Å². The highest BCUT2D eigenvalue weighted by Gasteiger charge is 2.20. The molecule has 1 aromatic rings. The molecule has 0 spiro atoms. The molecule has 0 fully saturated rings. The molecule has 0 atom stereocenters. The number of benzene rings is 1. The lowest BCUT2D eigenvalue weighted by Crippen LogP contribution is -2.42. The quantitative estimate of drug-likeness (QED) is 0.828. The van der Waals surface area contributed by atoms with Crippen molar-refractivity contribution in [2.45, 2.75) is 32.8 Å². The number of amides is 1. The van der Waals surface area contributed by atoms with Crippen LogP contribution in [0.4, 0.5) is 0 Å². The van der Waals surface area contributed by atoms with Crippen LogP contribution < -0.4 is 4.74 Å². The molecule has 0 saturated carbocycles. The average Bonchev–Trinajstić information content (AvgIpc) is 2.37. The number of ether oxygens (including phenoxy) is 1. The highest BCUT2D eigenvalue weighted by atomic mass is 79.9. The standard InChI is InChI=1S/C15H22BrNO3/c1-4-17(11-15(2,3)19)14(18)9-10-20-13-7-5-12(16)6-8-13/h5-8,19H,4,9-11H2,1-3H3. The topological polar surface area (TPSA) is 49.8 Å². The summed E-state index contributed by atoms with van der Waals surface area (Å²) in [6.07, 6.45) is 0.306. The third kappa shape index (κ3) is 6.39. The van der Waals surface area contributed by atoms with Crippen molar-refractivity contribution >= 4 is 21.8 Å². The zero-order chi connectivity index (χ0) is 15.2. The zero-order valence-corrected chi connectivity index (χ0v) is 13.8. The lowest BCUT2D eigenvalue weighted by Gasteiger charge is -2.28. The van der Waals surface area contributed by atoms with E-state index in [4.69, 9.17) is 4.74 Å². The van der Waals surface area contributed by atoms with E-state index in [0.29, 0.717) is 26.1 Å². The molecule has 0 bridgehead atoms. The van der Waals surface area contributed by atoms with Crippen molar-refractivity contribution in [2.24, 2.45) is 0 Å². The van der Waals surface area contributed by atoms with Gasteiger partial charge in [0, 0.05) is 17.6 Å². The molecule has 1 rings (SSSR count). The van der Waals surface area contributed by atoms with E-state index in [2.05, 4.69) is 15.9 Å². The molecule has 5 heteroatoms. The molecule has 0 aliphatic carbocycles. The van der Waals surface area contributed by atoms with Crippen molar-refractivity contribution in [2.75, 3.05) is 19.7 Å². The summed E-state index contributed by atoms with van der Waals surface area (Å²) in [5.74, 6) is 0.735. The van der Waals surface area contributed by atoms with Gasteiger partial charge in [0.05, 0.1) is 18.6 Å². The van der Waals surface area contributed by atoms with Gasteiger partial charge in [-0.2, -0.15) is 0 Å². The Kier molecular flexibility index (Phi) is 6.49. The number of carbonyl (C=O) groups excluding carboxylic acids is 1. The van der Waals surface area contributed by atoms with Crippen LogP contribution in [0, 0.1) is 0 Å². The minimum absolute atomic E-state index is 0.00765. The second kappa shape index (κ2) is 7.64. The fourth-order valence-corrected chi connectivity index (χ4v) is 2.05. The first-order valence-corrected chi connectivity index (χ1v) is 7.49. The van der Waals surface area contributed by atoms with Gasteiger partial charge in [-0.1, -0.05) is 15.9 Å². The van der Waals surface area contributed by atoms with Crippen molar-refractivity contribution in [1.82, 2.24) is 4.90 Å². The molecule has 1 aromatic carbocycles. The Morgan fingerprint density at radius 3 is 2.45 bits per heavy atom. The SMILES string of the molecule is CCN(CC(C)(C)O)C(=O)CCOc1ccc(Br)cc1. The maximum atomic E-state index is 12.0. The van der Waals surface area contributed by atoms with Crippen molar-refractivity contribution in [3.8, 4) is 5.75 Å². The molecule has 0 unspecified atom stereocenters. The van der Waals surface area contributed by atoms with Crippen LogP contribution in [0.5, 0.6) is 5.75 Å². The molecule has 0 aliphatic rings. The molecule has 1 amide bonds. The predicted octanol–water partition coefficient (Wildman–Crippen LogP) is 2.84. The molecule has 0 aliphatic heterocycles. The van der Waals surface area contributed by atoms with E-state index in [1.54, 1.807) is 18.7 Å². The lowest BCUT2D eigenvalue weighted by atomic mass is 10.1. The van der Waals surface area contributed by atoms with E-state index >= 15 is 0 Å². The van der Waals surface area contributed by atoms with Crippen molar-refractivity contribution < 1.29 is 14.6 Å². The first-order valence-electron chi connectivity index (χ1n) is 6.70. The number of hydrogen-bond donors (Lipinski definition) is 1. The number of nitrogens with zero attached hydrogens (tertiary/aromatic N) is 1. The van der Waals surface area contributed by atoms with Gasteiger partial charge in [-0.25, -0.2) is 0 Å². The van der Waals surface area contributed by atoms with Crippen LogP contribution in [0.1, 0.15) is 27.2 Å². The Labute approximate surface area is 128 Å². The normalized spacial score (nSPS) is 11.2. The predicted molar refractivity (Wildman–Crippen MR) is 82.8 cm³/mol. The van der Waals surface area contributed by atoms with Crippen LogP contribution in [-0.4, -0.2) is 41.2 Å². The van der Waals surface area contributed by atoms with E-state index in [0.717, 1.165) is 10.2 Å². The molecule has 0 heterocycles. The molecule has 4 nitrogen and oxygen atoms in total. The second-order valence-corrected chi connectivity index (χ2v) is 6.19. The number of hydrogen-bond acceptors (Lipinski definition) is 3. The Bertz CT molecular complexity index is 426. The summed E-state index contributed by atoms with van der Waals surface area (Å²) in [4.78, 5) is 13.7. The van der Waals surface area contributed by atoms with Crippen molar-refractivity contribution in [1.29, 1.82) is 0 Å². The molecule has 0 aromatic heterocycles. The van der Waals surface area contributed by atoms with Gasteiger partial charge in [-0.15, -0.1) is 0 Å². The van der Waals surface area contributed by atoms with Crippen molar-refractivity contribution in [3.05, 3.63) is 28.7 Å². The van der Waals surface area contributed by atoms with Gasteiger partial charge in [0.15, 0.2) is 0 Å². The third-order valence-electron chi connectivity index (χ3n) is 2.71. The largest absolute Gasteiger partial charge is 0.493 e. The van der Waals surface area contributed by atoms with Crippen LogP contribution in [0.25, 0.3) is 0 Å². The van der Waals surface area contributed by atoms with E-state index in [9.17, 15) is 9.90 Å². The van der Waals surface area contributed by atoms with Crippen LogP contribution in [0.2, 0.25) is 0 Å². The summed E-state index contributed by atoms with van der Waals surface area (Å²) in [5, 5.41) is 9.77. The van der Waals surface area contributed by atoms with Gasteiger partial charge >= 0.3 is 0 Å². The van der Waals surface area contributed by atoms with E-state index in [-0.39, 0.29) is 5.91 Å². The second-order valence-electron chi connectivity index (χ2n) is 5.27. The molecular formula is C15H22BrNO3. The summed E-state index contributed by atoms with van der Waals surface area (Å²) >= 11 is 3.35. The van der Waals surface area contributed by atoms with Crippen LogP contribution in [0.15, 0.2) is 28.7 Å². The van der Waals surface area contributed by atoms with Gasteiger partial charge in [0.1, 0.15) is 5.75 Å². The summed E-state index contributed by atoms with van der Waals surface area (Å²) in [5.41, 5.74) is -0.877. The number of halogens is 1. The first-order chi connectivity index (χ1) is 9.31. The molecular weight excluding hydrogens is 322 g/mol. The maximum absolute atomic E-state index is 12.0. The third-order valence-corrected chi connectivity index (χ3v) is 3.24. The Morgan fingerprint density at radius 2 is 1.95 bits per heavy atom. The highest BCUT2D eigenvalue weighted by molar-refractivity contribution is 9.10. The molecule has 0 radical (unpaired) electrons. The summed E-state index contributed by atoms with van der Waals surface area (Å²) < 4.78 is 6.51. The van der Waals surface area contributed by atoms with Crippen LogP contribution in [-0.2, 0) is 4.79 Å². The minimum atomic E-state index is -0.877. The van der Waals surface area contributed by atoms with Gasteiger partial charge in [0.25, 0.3) is 0 Å². The highest BCUT2D eigenvalue weighted by Crippen LogP contribution is 2.16. The first kappa shape index (κ1) is 17.0. The number of carbonyl (C=O) groups is 1. The van der Waals surface area contributed by atoms with E-state index in [1.165, 1.54) is 0 Å². The van der Waals surface area contributed by atoms with E-state index in [1.807, 2.05) is 31.2 Å². The Morgan fingerprint density at radius 1 is 1.35 bits per heavy atom. The average molecular weight is 344 g/mol. The molecule has 0 saturated heterocycles. The van der Waals surface area contributed by atoms with Gasteiger partial charge in [-0.3, -0.25) is 4.79 Å². The number of rotatable bonds is 7. The maximum Gasteiger partial charge on any atom is 0.226 e. The molecule has 112 valence electrons. The summed E-state index contributed by atoms with van der Waals surface area (Å²) in [6, 6.07) is 7.49. The van der Waals surface area contributed by atoms with Gasteiger partial charge in [0.2, 0.25) is 5.91 Å². The summed E-state index contributed by atoms with van der Waals surface area (Å²) in [7, 11) is 0. The number of aliphatic hydroxyl groups is 1. The molecule has 20 heavy (non-hydrogen) atoms. The monoisotopic (exact) mass is 343 g/mol. The molecule has 1 N–H and O–H groups in total. The van der Waals surface area contributed by atoms with Gasteiger partial charge < -0.3 is 14.7 Å². The summed E-state index contributed by atoms with van der Waals surface area (Å²) in [6.45, 7) is 6.55. The van der Waals surface area contributed by atoms with Crippen LogP contribution in [0.3, 0.4) is 0 Å². The lowest BCUT2D eigenvalue weighted by molar-refractivity contribution is -0.134. The van der Waals surface area contributed by atoms with Crippen molar-refractivity contribution in [3.63, 3.8) is 0 Å². The minimum Gasteiger partial charge on any atom is -0.493 e. The van der Waals surface area contributed by atoms with Crippen LogP contribution >= 0.6 is 15.9 Å². The fourth-order valence-electron chi connectivity index (χ4n) is 1.79. The fraction of sp³-hybridized carbons (Fsp3) is 0.533. The van der Waals surface area contributed by atoms with E-state index < -0.39 is 5.60 Å². The Hall–Kier alpha value is -1.07. The Balaban J connectivity index is 2.40.